The number of fused-ring (bicyclic) bond motifs is 1. The summed E-state index contributed by atoms with van der Waals surface area (Å²) in [5.74, 6) is -1.65. The van der Waals surface area contributed by atoms with Crippen molar-refractivity contribution < 1.29 is 24.0 Å². The molecular formula is C18H19N3O5. The van der Waals surface area contributed by atoms with Gasteiger partial charge in [0.15, 0.2) is 5.78 Å². The first kappa shape index (κ1) is 17.8. The van der Waals surface area contributed by atoms with Gasteiger partial charge in [-0.15, -0.1) is 0 Å². The number of rotatable bonds is 3. The van der Waals surface area contributed by atoms with E-state index in [0.29, 0.717) is 5.56 Å². The third-order valence-corrected chi connectivity index (χ3v) is 4.62. The lowest BCUT2D eigenvalue weighted by atomic mass is 9.92. The summed E-state index contributed by atoms with van der Waals surface area (Å²) in [5, 5.41) is 2.67. The van der Waals surface area contributed by atoms with Gasteiger partial charge in [-0.05, 0) is 18.1 Å². The Morgan fingerprint density at radius 3 is 2.58 bits per heavy atom. The van der Waals surface area contributed by atoms with Gasteiger partial charge in [-0.2, -0.15) is 0 Å². The Hall–Kier alpha value is -3.03. The Labute approximate surface area is 150 Å². The van der Waals surface area contributed by atoms with Crippen LogP contribution in [0.1, 0.15) is 45.5 Å². The molecule has 2 aliphatic rings. The fourth-order valence-corrected chi connectivity index (χ4v) is 3.27. The number of nitrogens with one attached hydrogen (secondary N) is 1. The number of urea groups is 1. The second kappa shape index (κ2) is 6.70. The number of hydrogen-bond acceptors (Lipinski definition) is 5. The van der Waals surface area contributed by atoms with Gasteiger partial charge in [0.2, 0.25) is 0 Å². The molecule has 3 rings (SSSR count). The molecule has 4 amide bonds. The summed E-state index contributed by atoms with van der Waals surface area (Å²) in [7, 11) is 3.19. The average molecular weight is 357 g/mol. The molecule has 1 aromatic rings. The molecule has 1 saturated carbocycles. The van der Waals surface area contributed by atoms with Gasteiger partial charge in [-0.3, -0.25) is 24.1 Å². The van der Waals surface area contributed by atoms with Crippen molar-refractivity contribution in [1.29, 1.82) is 0 Å². The maximum atomic E-state index is 12.9. The van der Waals surface area contributed by atoms with E-state index in [2.05, 4.69) is 5.32 Å². The Kier molecular flexibility index (Phi) is 4.58. The number of amides is 4. The summed E-state index contributed by atoms with van der Waals surface area (Å²) in [6.45, 7) is 0.0874. The topological polar surface area (TPSA) is 104 Å². The zero-order chi connectivity index (χ0) is 19.0. The molecule has 0 saturated heterocycles. The molecule has 26 heavy (non-hydrogen) atoms. The van der Waals surface area contributed by atoms with Crippen LogP contribution in [0.4, 0.5) is 4.79 Å². The predicted molar refractivity (Wildman–Crippen MR) is 90.5 cm³/mol. The van der Waals surface area contributed by atoms with Crippen LogP contribution in [0.5, 0.6) is 0 Å². The van der Waals surface area contributed by atoms with Gasteiger partial charge < -0.3 is 10.2 Å². The van der Waals surface area contributed by atoms with Crippen LogP contribution in [0.3, 0.4) is 0 Å². The molecule has 1 aromatic carbocycles. The quantitative estimate of drug-likeness (QED) is 0.635. The molecule has 0 aromatic heterocycles. The van der Waals surface area contributed by atoms with E-state index in [-0.39, 0.29) is 48.7 Å². The largest absolute Gasteiger partial charge is 0.334 e. The van der Waals surface area contributed by atoms with E-state index in [1.165, 1.54) is 11.0 Å². The van der Waals surface area contributed by atoms with E-state index >= 15 is 0 Å². The van der Waals surface area contributed by atoms with Crippen molar-refractivity contribution in [3.8, 4) is 0 Å². The summed E-state index contributed by atoms with van der Waals surface area (Å²) in [6.07, 6.45) is 0.0925. The number of hydrogen-bond donors (Lipinski definition) is 1. The zero-order valence-corrected chi connectivity index (χ0v) is 14.6. The Balaban J connectivity index is 1.88. The Morgan fingerprint density at radius 1 is 1.19 bits per heavy atom. The number of benzene rings is 1. The van der Waals surface area contributed by atoms with Crippen LogP contribution in [0, 0.1) is 0 Å². The molecule has 1 unspecified atom stereocenters. The summed E-state index contributed by atoms with van der Waals surface area (Å²) in [5.41, 5.74) is 0.940. The monoisotopic (exact) mass is 357 g/mol. The zero-order valence-electron chi connectivity index (χ0n) is 14.6. The first-order chi connectivity index (χ1) is 12.3. The molecule has 0 bridgehead atoms. The summed E-state index contributed by atoms with van der Waals surface area (Å²) >= 11 is 0. The van der Waals surface area contributed by atoms with Crippen molar-refractivity contribution in [3.05, 3.63) is 34.9 Å². The highest BCUT2D eigenvalue weighted by atomic mass is 16.2. The lowest BCUT2D eigenvalue weighted by molar-refractivity contribution is -0.132. The third-order valence-electron chi connectivity index (χ3n) is 4.62. The van der Waals surface area contributed by atoms with Crippen molar-refractivity contribution >= 4 is 29.4 Å². The van der Waals surface area contributed by atoms with Crippen LogP contribution in [-0.2, 0) is 16.1 Å². The van der Waals surface area contributed by atoms with Gasteiger partial charge in [-0.25, -0.2) is 4.79 Å². The van der Waals surface area contributed by atoms with E-state index in [9.17, 15) is 24.0 Å². The second-order valence-electron chi connectivity index (χ2n) is 6.61. The van der Waals surface area contributed by atoms with Crippen molar-refractivity contribution in [1.82, 2.24) is 15.1 Å². The number of imide groups is 1. The van der Waals surface area contributed by atoms with E-state index in [0.717, 1.165) is 4.90 Å². The number of Topliss-reactive ketones (excluding diaryl/α,β-unsaturated/α-hetero) is 2. The van der Waals surface area contributed by atoms with E-state index in [1.807, 2.05) is 0 Å². The first-order valence-corrected chi connectivity index (χ1v) is 8.30. The molecular weight excluding hydrogens is 338 g/mol. The Bertz CT molecular complexity index is 830. The number of nitrogens with zero attached hydrogens (tertiary/aromatic N) is 2. The van der Waals surface area contributed by atoms with Crippen molar-refractivity contribution in [2.75, 3.05) is 14.1 Å². The maximum Gasteiger partial charge on any atom is 0.317 e. The predicted octanol–water partition coefficient (Wildman–Crippen LogP) is 0.744. The minimum absolute atomic E-state index is 0.0874. The number of carbonyl (C=O) groups is 5. The van der Waals surface area contributed by atoms with Gasteiger partial charge in [-0.1, -0.05) is 12.1 Å². The molecule has 1 atom stereocenters. The van der Waals surface area contributed by atoms with Crippen LogP contribution < -0.4 is 5.32 Å². The molecule has 8 heteroatoms. The minimum Gasteiger partial charge on any atom is -0.334 e. The van der Waals surface area contributed by atoms with Crippen LogP contribution in [0.2, 0.25) is 0 Å². The van der Waals surface area contributed by atoms with Gasteiger partial charge in [0, 0.05) is 27.1 Å². The molecule has 8 nitrogen and oxygen atoms in total. The number of ketones is 2. The highest BCUT2D eigenvalue weighted by Gasteiger charge is 2.45. The third kappa shape index (κ3) is 2.98. The molecule has 1 N–H and O–H groups in total. The van der Waals surface area contributed by atoms with E-state index in [1.54, 1.807) is 26.2 Å². The maximum absolute atomic E-state index is 12.9. The molecule has 0 spiro atoms. The molecule has 1 fully saturated rings. The van der Waals surface area contributed by atoms with Crippen LogP contribution in [0.25, 0.3) is 0 Å². The van der Waals surface area contributed by atoms with E-state index < -0.39 is 23.6 Å². The molecule has 1 aliphatic heterocycles. The molecule has 136 valence electrons. The average Bonchev–Trinajstić information content (AvgIpc) is 2.85. The Morgan fingerprint density at radius 2 is 1.92 bits per heavy atom. The van der Waals surface area contributed by atoms with E-state index in [4.69, 9.17) is 0 Å². The standard InChI is InChI=1S/C18H19N3O5/c1-20(2)18(26)19-9-10-4-3-5-12-15(10)17(25)21(16(12)24)13-7-6-11(22)8-14(13)23/h3-5,13H,6-9H2,1-2H3,(H,19,26). The highest BCUT2D eigenvalue weighted by Crippen LogP contribution is 2.31. The van der Waals surface area contributed by atoms with Crippen molar-refractivity contribution in [2.45, 2.75) is 31.8 Å². The van der Waals surface area contributed by atoms with Crippen LogP contribution in [-0.4, -0.2) is 59.3 Å². The first-order valence-electron chi connectivity index (χ1n) is 8.30. The summed E-state index contributed by atoms with van der Waals surface area (Å²) in [6, 6.07) is 3.61. The van der Waals surface area contributed by atoms with Gasteiger partial charge in [0.05, 0.1) is 23.6 Å². The van der Waals surface area contributed by atoms with Crippen molar-refractivity contribution in [2.24, 2.45) is 0 Å². The minimum atomic E-state index is -0.899. The summed E-state index contributed by atoms with van der Waals surface area (Å²) < 4.78 is 0. The van der Waals surface area contributed by atoms with Gasteiger partial charge in [0.1, 0.15) is 5.78 Å². The molecule has 1 heterocycles. The van der Waals surface area contributed by atoms with Crippen LogP contribution in [0.15, 0.2) is 18.2 Å². The lowest BCUT2D eigenvalue weighted by Crippen LogP contribution is -2.47. The van der Waals surface area contributed by atoms with Crippen LogP contribution >= 0.6 is 0 Å². The lowest BCUT2D eigenvalue weighted by Gasteiger charge is -2.27. The van der Waals surface area contributed by atoms with Gasteiger partial charge in [0.25, 0.3) is 11.8 Å². The summed E-state index contributed by atoms with van der Waals surface area (Å²) in [4.78, 5) is 63.2. The van der Waals surface area contributed by atoms with Gasteiger partial charge >= 0.3 is 6.03 Å². The number of carbonyl (C=O) groups excluding carboxylic acids is 5. The smallest absolute Gasteiger partial charge is 0.317 e. The fraction of sp³-hybridized carbons (Fsp3) is 0.389. The molecule has 1 aliphatic carbocycles. The highest BCUT2D eigenvalue weighted by molar-refractivity contribution is 6.24. The second-order valence-corrected chi connectivity index (χ2v) is 6.61. The molecule has 0 radical (unpaired) electrons. The normalized spacial score (nSPS) is 19.6. The van der Waals surface area contributed by atoms with Crippen molar-refractivity contribution in [3.63, 3.8) is 0 Å². The SMILES string of the molecule is CN(C)C(=O)NCc1cccc2c1C(=O)N(C1CCC(=O)CC1=O)C2=O. The fourth-order valence-electron chi connectivity index (χ4n) is 3.27.